The summed E-state index contributed by atoms with van der Waals surface area (Å²) >= 11 is 0. The van der Waals surface area contributed by atoms with Crippen LogP contribution in [0.5, 0.6) is 0 Å². The molecule has 0 spiro atoms. The Morgan fingerprint density at radius 3 is 1.31 bits per heavy atom. The summed E-state index contributed by atoms with van der Waals surface area (Å²) in [6.45, 7) is 8.86. The maximum absolute atomic E-state index is 10.4. The number of esters is 2. The maximum atomic E-state index is 10.4. The zero-order valence-corrected chi connectivity index (χ0v) is 9.99. The van der Waals surface area contributed by atoms with E-state index in [0.717, 1.165) is 0 Å². The number of aliphatic hydroxyl groups is 1. The normalized spacial score (nSPS) is 9.12. The van der Waals surface area contributed by atoms with E-state index in [-0.39, 0.29) is 64.6 Å². The third-order valence-corrected chi connectivity index (χ3v) is 0.718. The molecule has 0 saturated carbocycles. The van der Waals surface area contributed by atoms with Gasteiger partial charge in [-0.3, -0.25) is 0 Å². The Morgan fingerprint density at radius 2 is 1.19 bits per heavy atom. The molecule has 0 aromatic heterocycles. The van der Waals surface area contributed by atoms with Crippen molar-refractivity contribution in [3.05, 3.63) is 0 Å². The SMILES string of the molecule is CC(C)(C)O.CCOC(=O)C(=O)OCC.[KH]. The standard InChI is InChI=1S/C6H10O4.C4H10O.K.H/c1-3-9-5(7)6(8)10-4-2;1-4(2,3)5;;/h3-4H2,1-2H3;5H,1-3H3;;. The van der Waals surface area contributed by atoms with E-state index in [1.54, 1.807) is 34.6 Å². The van der Waals surface area contributed by atoms with Crippen LogP contribution in [0.15, 0.2) is 0 Å². The number of rotatable bonds is 2. The fraction of sp³-hybridized carbons (Fsp3) is 0.800. The van der Waals surface area contributed by atoms with Crippen LogP contribution in [0.25, 0.3) is 0 Å². The Bertz CT molecular complexity index is 176. The first-order chi connectivity index (χ1) is 6.72. The van der Waals surface area contributed by atoms with Gasteiger partial charge in [0.25, 0.3) is 0 Å². The molecule has 0 aromatic rings. The van der Waals surface area contributed by atoms with Gasteiger partial charge in [0.1, 0.15) is 0 Å². The average Bonchev–Trinajstić information content (AvgIpc) is 2.02. The zero-order chi connectivity index (χ0) is 12.5. The first kappa shape index (κ1) is 21.8. The van der Waals surface area contributed by atoms with Crippen LogP contribution in [-0.2, 0) is 19.1 Å². The molecule has 0 aliphatic rings. The van der Waals surface area contributed by atoms with Gasteiger partial charge < -0.3 is 14.6 Å². The number of ether oxygens (including phenoxy) is 2. The molecule has 0 rings (SSSR count). The van der Waals surface area contributed by atoms with Gasteiger partial charge in [0.05, 0.1) is 18.8 Å². The predicted octanol–water partition coefficient (Wildman–Crippen LogP) is 0.241. The van der Waals surface area contributed by atoms with E-state index in [2.05, 4.69) is 9.47 Å². The Hall–Kier alpha value is 0.536. The Balaban J connectivity index is -0.000000242. The number of carbonyl (C=O) groups excluding carboxylic acids is 2. The molecule has 92 valence electrons. The summed E-state index contributed by atoms with van der Waals surface area (Å²) < 4.78 is 8.69. The molecule has 0 aliphatic heterocycles. The van der Waals surface area contributed by atoms with Crippen LogP contribution in [0.1, 0.15) is 34.6 Å². The fourth-order valence-electron chi connectivity index (χ4n) is 0.380. The molecule has 0 fully saturated rings. The van der Waals surface area contributed by atoms with E-state index in [1.165, 1.54) is 0 Å². The molecule has 0 aromatic carbocycles. The molecule has 0 bridgehead atoms. The summed E-state index contributed by atoms with van der Waals surface area (Å²) in [5, 5.41) is 8.52. The van der Waals surface area contributed by atoms with Crippen molar-refractivity contribution in [2.75, 3.05) is 13.2 Å². The summed E-state index contributed by atoms with van der Waals surface area (Å²) in [6, 6.07) is 0. The van der Waals surface area contributed by atoms with Gasteiger partial charge in [0, 0.05) is 0 Å². The van der Waals surface area contributed by atoms with Crippen LogP contribution in [0.3, 0.4) is 0 Å². The Labute approximate surface area is 139 Å². The number of hydrogen-bond acceptors (Lipinski definition) is 5. The summed E-state index contributed by atoms with van der Waals surface area (Å²) in [6.07, 6.45) is 0. The first-order valence-electron chi connectivity index (χ1n) is 4.78. The Morgan fingerprint density at radius 1 is 1.00 bits per heavy atom. The van der Waals surface area contributed by atoms with Crippen molar-refractivity contribution >= 4 is 63.3 Å². The summed E-state index contributed by atoms with van der Waals surface area (Å²) in [4.78, 5) is 20.9. The van der Waals surface area contributed by atoms with Crippen molar-refractivity contribution in [3.8, 4) is 0 Å². The Kier molecular flexibility index (Phi) is 16.3. The molecule has 0 saturated heterocycles. The van der Waals surface area contributed by atoms with Crippen LogP contribution in [0, 0.1) is 0 Å². The van der Waals surface area contributed by atoms with Gasteiger partial charge in [-0.05, 0) is 34.6 Å². The summed E-state index contributed by atoms with van der Waals surface area (Å²) in [7, 11) is 0. The number of hydrogen-bond donors (Lipinski definition) is 1. The molecule has 0 radical (unpaired) electrons. The van der Waals surface area contributed by atoms with E-state index >= 15 is 0 Å². The molecular weight excluding hydrogens is 239 g/mol. The second-order valence-corrected chi connectivity index (χ2v) is 3.61. The van der Waals surface area contributed by atoms with Crippen molar-refractivity contribution in [1.82, 2.24) is 0 Å². The minimum absolute atomic E-state index is 0. The molecule has 0 aliphatic carbocycles. The van der Waals surface area contributed by atoms with E-state index in [0.29, 0.717) is 0 Å². The van der Waals surface area contributed by atoms with Gasteiger partial charge in [-0.1, -0.05) is 0 Å². The third-order valence-electron chi connectivity index (χ3n) is 0.718. The van der Waals surface area contributed by atoms with Gasteiger partial charge in [-0.15, -0.1) is 0 Å². The third kappa shape index (κ3) is 24.0. The van der Waals surface area contributed by atoms with E-state index in [1.807, 2.05) is 0 Å². The van der Waals surface area contributed by atoms with Crippen LogP contribution in [-0.4, -0.2) is 87.2 Å². The topological polar surface area (TPSA) is 72.8 Å². The molecule has 0 amide bonds. The van der Waals surface area contributed by atoms with Gasteiger partial charge in [0.2, 0.25) is 0 Å². The molecule has 1 N–H and O–H groups in total. The summed E-state index contributed by atoms with van der Waals surface area (Å²) in [5.74, 6) is -1.85. The van der Waals surface area contributed by atoms with E-state index in [9.17, 15) is 9.59 Å². The second-order valence-electron chi connectivity index (χ2n) is 3.61. The number of carbonyl (C=O) groups is 2. The fourth-order valence-corrected chi connectivity index (χ4v) is 0.380. The van der Waals surface area contributed by atoms with Gasteiger partial charge in [0.15, 0.2) is 0 Å². The predicted molar refractivity (Wildman–Crippen MR) is 62.4 cm³/mol. The van der Waals surface area contributed by atoms with Crippen LogP contribution < -0.4 is 0 Å². The van der Waals surface area contributed by atoms with E-state index < -0.39 is 17.5 Å². The van der Waals surface area contributed by atoms with Crippen LogP contribution >= 0.6 is 0 Å². The van der Waals surface area contributed by atoms with Crippen molar-refractivity contribution in [2.45, 2.75) is 40.2 Å². The molecular formula is C10H21KO5. The average molecular weight is 260 g/mol. The molecule has 5 nitrogen and oxygen atoms in total. The van der Waals surface area contributed by atoms with Crippen LogP contribution in [0.2, 0.25) is 0 Å². The van der Waals surface area contributed by atoms with Crippen LogP contribution in [0.4, 0.5) is 0 Å². The van der Waals surface area contributed by atoms with E-state index in [4.69, 9.17) is 5.11 Å². The second kappa shape index (κ2) is 12.0. The molecule has 6 heteroatoms. The molecule has 0 atom stereocenters. The summed E-state index contributed by atoms with van der Waals surface area (Å²) in [5.41, 5.74) is -0.500. The van der Waals surface area contributed by atoms with Crippen molar-refractivity contribution in [1.29, 1.82) is 0 Å². The van der Waals surface area contributed by atoms with Crippen molar-refractivity contribution in [2.24, 2.45) is 0 Å². The van der Waals surface area contributed by atoms with Crippen molar-refractivity contribution in [3.63, 3.8) is 0 Å². The minimum atomic E-state index is -0.927. The molecule has 16 heavy (non-hydrogen) atoms. The van der Waals surface area contributed by atoms with Gasteiger partial charge >= 0.3 is 63.3 Å². The monoisotopic (exact) mass is 260 g/mol. The quantitative estimate of drug-likeness (QED) is 0.437. The van der Waals surface area contributed by atoms with Gasteiger partial charge in [-0.25, -0.2) is 9.59 Å². The van der Waals surface area contributed by atoms with Gasteiger partial charge in [-0.2, -0.15) is 0 Å². The van der Waals surface area contributed by atoms with Crippen molar-refractivity contribution < 1.29 is 24.2 Å². The molecule has 0 unspecified atom stereocenters. The first-order valence-corrected chi connectivity index (χ1v) is 4.78. The molecule has 0 heterocycles. The zero-order valence-electron chi connectivity index (χ0n) is 9.99.